The quantitative estimate of drug-likeness (QED) is 0.174. The van der Waals surface area contributed by atoms with Crippen molar-refractivity contribution in [2.45, 2.75) is 24.7 Å². The smallest absolute Gasteiger partial charge is 0.123 e. The van der Waals surface area contributed by atoms with Crippen molar-refractivity contribution >= 4 is 17.1 Å². The first-order valence-corrected chi connectivity index (χ1v) is 19.0. The Balaban J connectivity index is 1.21. The van der Waals surface area contributed by atoms with Gasteiger partial charge in [-0.15, -0.1) is 0 Å². The van der Waals surface area contributed by atoms with Crippen molar-refractivity contribution in [3.05, 3.63) is 221 Å². The van der Waals surface area contributed by atoms with E-state index in [1.54, 1.807) is 36.4 Å². The third-order valence-electron chi connectivity index (χ3n) is 12.5. The van der Waals surface area contributed by atoms with Crippen molar-refractivity contribution in [3.8, 4) is 44.5 Å². The number of anilines is 3. The van der Waals surface area contributed by atoms with Gasteiger partial charge in [0.25, 0.3) is 0 Å². The number of hydrogen-bond acceptors (Lipinski definition) is 1. The summed E-state index contributed by atoms with van der Waals surface area (Å²) in [6.45, 7) is 4.57. The van der Waals surface area contributed by atoms with E-state index >= 15 is 13.2 Å². The van der Waals surface area contributed by atoms with Gasteiger partial charge in [-0.1, -0.05) is 117 Å². The molecule has 0 unspecified atom stereocenters. The minimum absolute atomic E-state index is 0.230. The van der Waals surface area contributed by atoms with Crippen molar-refractivity contribution < 1.29 is 13.2 Å². The van der Waals surface area contributed by atoms with Crippen LogP contribution in [-0.2, 0) is 10.8 Å². The van der Waals surface area contributed by atoms with E-state index in [0.717, 1.165) is 56.0 Å². The van der Waals surface area contributed by atoms with E-state index in [0.29, 0.717) is 16.7 Å². The Morgan fingerprint density at radius 1 is 0.357 bits per heavy atom. The Morgan fingerprint density at radius 3 is 1.34 bits per heavy atom. The first-order chi connectivity index (χ1) is 27.2. The summed E-state index contributed by atoms with van der Waals surface area (Å²) in [7, 11) is 0. The first-order valence-electron chi connectivity index (χ1n) is 19.0. The monoisotopic (exact) mass is 729 g/mol. The van der Waals surface area contributed by atoms with Crippen molar-refractivity contribution in [2.24, 2.45) is 0 Å². The van der Waals surface area contributed by atoms with E-state index in [4.69, 9.17) is 0 Å². The van der Waals surface area contributed by atoms with Gasteiger partial charge in [0.2, 0.25) is 0 Å². The molecule has 0 bridgehead atoms. The van der Waals surface area contributed by atoms with E-state index < -0.39 is 22.9 Å². The highest BCUT2D eigenvalue weighted by atomic mass is 19.1. The van der Waals surface area contributed by atoms with Crippen molar-refractivity contribution in [2.75, 3.05) is 4.90 Å². The molecule has 3 aliphatic carbocycles. The predicted octanol–water partition coefficient (Wildman–Crippen LogP) is 13.9. The third kappa shape index (κ3) is 4.38. The summed E-state index contributed by atoms with van der Waals surface area (Å²) in [5.74, 6) is -1.21. The van der Waals surface area contributed by atoms with Crippen LogP contribution in [0.3, 0.4) is 0 Å². The molecule has 56 heavy (non-hydrogen) atoms. The zero-order valence-electron chi connectivity index (χ0n) is 30.7. The molecule has 0 aliphatic heterocycles. The number of hydrogen-bond donors (Lipinski definition) is 0. The lowest BCUT2D eigenvalue weighted by Gasteiger charge is -2.33. The molecular weight excluding hydrogens is 696 g/mol. The van der Waals surface area contributed by atoms with Crippen molar-refractivity contribution in [1.82, 2.24) is 0 Å². The number of para-hydroxylation sites is 1. The van der Waals surface area contributed by atoms with Crippen LogP contribution in [0.5, 0.6) is 0 Å². The molecule has 268 valence electrons. The van der Waals surface area contributed by atoms with Crippen LogP contribution in [0, 0.1) is 17.5 Å². The minimum Gasteiger partial charge on any atom is -0.310 e. The average molecular weight is 730 g/mol. The SMILES string of the molecule is CC1(C)c2ccccc2-c2ccc(N(c3ccc4c(c3)C3(c5cc(F)ccc5-c5ccc(F)cc53)c3cc(F)ccc3-4)c3ccccc3-c3ccccc3)cc21. The second-order valence-electron chi connectivity index (χ2n) is 15.7. The normalized spacial score (nSPS) is 14.4. The van der Waals surface area contributed by atoms with Gasteiger partial charge in [0.15, 0.2) is 0 Å². The molecule has 0 N–H and O–H groups in total. The standard InChI is InChI=1S/C52H34F3N/c1-51(2)44-14-8-6-13-38(44)39-24-19-35(29-45(39)51)56(50-15-9-7-12-37(50)31-10-4-3-5-11-31)36-20-25-43-42-23-18-34(55)28-48(42)52(49(43)30-36)46-26-32(53)16-21-40(46)41-22-17-33(54)27-47(41)52/h3-30H,1-2H3. The molecule has 0 saturated heterocycles. The molecule has 1 spiro atoms. The molecule has 0 amide bonds. The largest absolute Gasteiger partial charge is 0.310 e. The summed E-state index contributed by atoms with van der Waals surface area (Å²) in [6, 6.07) is 54.9. The molecular formula is C52H34F3N. The lowest BCUT2D eigenvalue weighted by Crippen LogP contribution is -2.26. The maximum absolute atomic E-state index is 15.5. The fourth-order valence-electron chi connectivity index (χ4n) is 10.1. The van der Waals surface area contributed by atoms with Crippen molar-refractivity contribution in [3.63, 3.8) is 0 Å². The van der Waals surface area contributed by atoms with Crippen LogP contribution in [0.25, 0.3) is 44.5 Å². The van der Waals surface area contributed by atoms with Crippen LogP contribution >= 0.6 is 0 Å². The Bertz CT molecular complexity index is 2870. The molecule has 0 aromatic heterocycles. The molecule has 0 heterocycles. The highest BCUT2D eigenvalue weighted by molar-refractivity contribution is 5.97. The van der Waals surface area contributed by atoms with E-state index in [-0.39, 0.29) is 5.41 Å². The molecule has 8 aromatic rings. The van der Waals surface area contributed by atoms with Gasteiger partial charge < -0.3 is 4.90 Å². The van der Waals surface area contributed by atoms with Gasteiger partial charge in [0.05, 0.1) is 11.1 Å². The summed E-state index contributed by atoms with van der Waals surface area (Å²) in [4.78, 5) is 2.30. The van der Waals surface area contributed by atoms with Gasteiger partial charge in [0, 0.05) is 22.4 Å². The second-order valence-corrected chi connectivity index (χ2v) is 15.7. The molecule has 3 aliphatic rings. The molecule has 11 rings (SSSR count). The van der Waals surface area contributed by atoms with Crippen LogP contribution in [0.15, 0.2) is 170 Å². The Labute approximate surface area is 324 Å². The minimum atomic E-state index is -1.16. The molecule has 8 aromatic carbocycles. The van der Waals surface area contributed by atoms with Crippen LogP contribution < -0.4 is 4.90 Å². The molecule has 0 fully saturated rings. The summed E-state index contributed by atoms with van der Waals surface area (Å²) in [5.41, 5.74) is 14.8. The maximum Gasteiger partial charge on any atom is 0.123 e. The third-order valence-corrected chi connectivity index (χ3v) is 12.5. The number of halogens is 3. The van der Waals surface area contributed by atoms with Crippen LogP contribution in [-0.4, -0.2) is 0 Å². The van der Waals surface area contributed by atoms with Gasteiger partial charge >= 0.3 is 0 Å². The van der Waals surface area contributed by atoms with Crippen LogP contribution in [0.2, 0.25) is 0 Å². The number of fused-ring (bicyclic) bond motifs is 13. The first kappa shape index (κ1) is 32.8. The molecule has 1 nitrogen and oxygen atoms in total. The highest BCUT2D eigenvalue weighted by Gasteiger charge is 2.52. The summed E-state index contributed by atoms with van der Waals surface area (Å²) in [5, 5.41) is 0. The second kappa shape index (κ2) is 11.7. The van der Waals surface area contributed by atoms with Crippen molar-refractivity contribution in [1.29, 1.82) is 0 Å². The summed E-state index contributed by atoms with van der Waals surface area (Å²) >= 11 is 0. The number of rotatable bonds is 4. The Morgan fingerprint density at radius 2 is 0.768 bits per heavy atom. The van der Waals surface area contributed by atoms with E-state index in [1.165, 1.54) is 40.5 Å². The fourth-order valence-corrected chi connectivity index (χ4v) is 10.1. The Hall–Kier alpha value is -6.65. The van der Waals surface area contributed by atoms with Gasteiger partial charge in [-0.05, 0) is 139 Å². The lowest BCUT2D eigenvalue weighted by atomic mass is 9.70. The predicted molar refractivity (Wildman–Crippen MR) is 220 cm³/mol. The Kier molecular flexibility index (Phi) is 6.83. The number of nitrogens with zero attached hydrogens (tertiary/aromatic N) is 1. The average Bonchev–Trinajstić information content (AvgIpc) is 3.75. The van der Waals surface area contributed by atoms with E-state index in [1.807, 2.05) is 18.2 Å². The number of benzene rings is 8. The molecule has 0 atom stereocenters. The summed E-state index contributed by atoms with van der Waals surface area (Å²) in [6.07, 6.45) is 0. The highest BCUT2D eigenvalue weighted by Crippen LogP contribution is 2.64. The maximum atomic E-state index is 15.5. The van der Waals surface area contributed by atoms with Gasteiger partial charge in [-0.2, -0.15) is 0 Å². The zero-order chi connectivity index (χ0) is 37.9. The van der Waals surface area contributed by atoms with Gasteiger partial charge in [0.1, 0.15) is 17.5 Å². The van der Waals surface area contributed by atoms with Crippen LogP contribution in [0.1, 0.15) is 47.2 Å². The molecule has 0 radical (unpaired) electrons. The van der Waals surface area contributed by atoms with Crippen LogP contribution in [0.4, 0.5) is 30.2 Å². The zero-order valence-corrected chi connectivity index (χ0v) is 30.7. The topological polar surface area (TPSA) is 3.24 Å². The van der Waals surface area contributed by atoms with E-state index in [2.05, 4.69) is 116 Å². The van der Waals surface area contributed by atoms with Gasteiger partial charge in [-0.3, -0.25) is 0 Å². The van der Waals surface area contributed by atoms with Gasteiger partial charge in [-0.25, -0.2) is 13.2 Å². The lowest BCUT2D eigenvalue weighted by molar-refractivity contribution is 0.613. The molecule has 4 heteroatoms. The fraction of sp³-hybridized carbons (Fsp3) is 0.0769. The summed E-state index contributed by atoms with van der Waals surface area (Å²) < 4.78 is 46.5. The van der Waals surface area contributed by atoms with E-state index in [9.17, 15) is 0 Å². The molecule has 0 saturated carbocycles.